The van der Waals surface area contributed by atoms with Crippen LogP contribution in [0.5, 0.6) is 0 Å². The maximum Gasteiger partial charge on any atom is 0.0784 e. The first kappa shape index (κ1) is 33.8. The molecule has 0 fully saturated rings. The summed E-state index contributed by atoms with van der Waals surface area (Å²) in [6.07, 6.45) is 3.08. The molecule has 0 saturated heterocycles. The molecule has 194 valence electrons. The van der Waals surface area contributed by atoms with Crippen LogP contribution in [-0.4, -0.2) is 40.6 Å². The van der Waals surface area contributed by atoms with Gasteiger partial charge in [-0.25, -0.2) is 0 Å². The first-order chi connectivity index (χ1) is 15.2. The summed E-state index contributed by atoms with van der Waals surface area (Å²) < 4.78 is 2.39. The van der Waals surface area contributed by atoms with Gasteiger partial charge < -0.3 is 14.8 Å². The number of fused-ring (bicyclic) bond motifs is 3. The van der Waals surface area contributed by atoms with Crippen molar-refractivity contribution >= 4 is 83.0 Å². The Morgan fingerprint density at radius 3 is 2.37 bits per heavy atom. The van der Waals surface area contributed by atoms with Crippen LogP contribution < -0.4 is 5.32 Å². The molecule has 2 aromatic carbocycles. The van der Waals surface area contributed by atoms with Gasteiger partial charge in [0.05, 0.1) is 11.2 Å². The summed E-state index contributed by atoms with van der Waals surface area (Å²) in [5.41, 5.74) is 4.73. The molecule has 1 N–H and O–H groups in total. The largest absolute Gasteiger partial charge is 0.334 e. The highest BCUT2D eigenvalue weighted by Gasteiger charge is 2.15. The van der Waals surface area contributed by atoms with Crippen molar-refractivity contribution in [2.45, 2.75) is 33.4 Å². The van der Waals surface area contributed by atoms with Crippen molar-refractivity contribution in [3.05, 3.63) is 77.1 Å². The van der Waals surface area contributed by atoms with Crippen molar-refractivity contribution in [3.63, 3.8) is 0 Å². The molecule has 0 atom stereocenters. The van der Waals surface area contributed by atoms with Crippen molar-refractivity contribution in [2.75, 3.05) is 26.2 Å². The van der Waals surface area contributed by atoms with Gasteiger partial charge in [0.15, 0.2) is 0 Å². The zero-order valence-corrected chi connectivity index (χ0v) is 24.1. The Kier molecular flexibility index (Phi) is 15.9. The Morgan fingerprint density at radius 2 is 1.66 bits per heavy atom. The van der Waals surface area contributed by atoms with E-state index >= 15 is 0 Å². The van der Waals surface area contributed by atoms with Crippen LogP contribution in [0.25, 0.3) is 21.8 Å². The number of hydrogen-bond acceptors (Lipinski definition) is 3. The van der Waals surface area contributed by atoms with Gasteiger partial charge in [0, 0.05) is 40.6 Å². The Morgan fingerprint density at radius 1 is 0.914 bits per heavy atom. The van der Waals surface area contributed by atoms with E-state index in [2.05, 4.69) is 65.0 Å². The van der Waals surface area contributed by atoms with Gasteiger partial charge in [-0.05, 0) is 62.4 Å². The third kappa shape index (κ3) is 8.13. The van der Waals surface area contributed by atoms with Crippen LogP contribution in [-0.2, 0) is 13.1 Å². The molecule has 0 spiro atoms. The zero-order valence-electron chi connectivity index (χ0n) is 20.1. The predicted molar refractivity (Wildman–Crippen MR) is 161 cm³/mol. The third-order valence-corrected chi connectivity index (χ3v) is 6.23. The Balaban J connectivity index is 0.00000289. The van der Waals surface area contributed by atoms with Crippen molar-refractivity contribution < 1.29 is 0 Å². The molecule has 0 aliphatic rings. The number of rotatable bonds is 10. The van der Waals surface area contributed by atoms with E-state index in [1.54, 1.807) is 0 Å². The Hall–Kier alpha value is -1.24. The van der Waals surface area contributed by atoms with Gasteiger partial charge in [0.2, 0.25) is 0 Å². The molecule has 35 heavy (non-hydrogen) atoms. The molecule has 0 amide bonds. The molecular formula is C26H35Cl5N4. The average Bonchev–Trinajstić information content (AvgIpc) is 3.11. The Labute approximate surface area is 238 Å². The minimum Gasteiger partial charge on any atom is -0.334 e. The fraction of sp³-hybridized carbons (Fsp3) is 0.346. The van der Waals surface area contributed by atoms with Gasteiger partial charge in [0.25, 0.3) is 0 Å². The van der Waals surface area contributed by atoms with Crippen LogP contribution in [0, 0.1) is 0 Å². The number of nitrogens with one attached hydrogen (secondary N) is 1. The molecule has 0 bridgehead atoms. The second-order valence-electron chi connectivity index (χ2n) is 7.94. The van der Waals surface area contributed by atoms with Crippen molar-refractivity contribution in [1.82, 2.24) is 19.8 Å². The molecule has 0 saturated carbocycles. The monoisotopic (exact) mass is 578 g/mol. The number of pyridine rings is 1. The minimum atomic E-state index is 0. The third-order valence-electron chi connectivity index (χ3n) is 6.00. The van der Waals surface area contributed by atoms with Crippen molar-refractivity contribution in [2.24, 2.45) is 0 Å². The molecule has 4 nitrogen and oxygen atoms in total. The molecule has 2 heterocycles. The molecule has 0 aliphatic heterocycles. The molecule has 9 heteroatoms. The van der Waals surface area contributed by atoms with Gasteiger partial charge in [-0.15, -0.1) is 49.6 Å². The highest BCUT2D eigenvalue weighted by atomic mass is 35.5. The fourth-order valence-corrected chi connectivity index (χ4v) is 4.57. The molecule has 0 aliphatic carbocycles. The maximum absolute atomic E-state index is 6.26. The Bertz CT molecular complexity index is 1160. The summed E-state index contributed by atoms with van der Waals surface area (Å²) in [6.45, 7) is 10.3. The van der Waals surface area contributed by atoms with E-state index in [9.17, 15) is 0 Å². The summed E-state index contributed by atoms with van der Waals surface area (Å²) >= 11 is 6.26. The van der Waals surface area contributed by atoms with Gasteiger partial charge >= 0.3 is 0 Å². The smallest absolute Gasteiger partial charge is 0.0784 e. The van der Waals surface area contributed by atoms with Crippen LogP contribution in [0.4, 0.5) is 0 Å². The highest BCUT2D eigenvalue weighted by molar-refractivity contribution is 6.30. The van der Waals surface area contributed by atoms with E-state index in [1.165, 1.54) is 27.4 Å². The first-order valence-electron chi connectivity index (χ1n) is 11.2. The maximum atomic E-state index is 6.26. The number of benzene rings is 2. The van der Waals surface area contributed by atoms with E-state index in [0.29, 0.717) is 0 Å². The van der Waals surface area contributed by atoms with Crippen LogP contribution in [0.3, 0.4) is 0 Å². The van der Waals surface area contributed by atoms with Crippen LogP contribution in [0.2, 0.25) is 5.02 Å². The molecule has 0 unspecified atom stereocenters. The second-order valence-corrected chi connectivity index (χ2v) is 8.38. The van der Waals surface area contributed by atoms with Gasteiger partial charge in [0.1, 0.15) is 0 Å². The van der Waals surface area contributed by atoms with Gasteiger partial charge in [-0.3, -0.25) is 4.98 Å². The second kappa shape index (κ2) is 16.5. The normalized spacial score (nSPS) is 10.4. The van der Waals surface area contributed by atoms with E-state index in [1.807, 2.05) is 24.4 Å². The SMILES string of the molecule is CCN(CC)CCCNCc1nccc2c3ccccc3n(Cc3cccc(Cl)c3)c12.Cl.Cl.Cl.Cl. The molecule has 0 radical (unpaired) electrons. The molecular weight excluding hydrogens is 546 g/mol. The zero-order chi connectivity index (χ0) is 21.6. The summed E-state index contributed by atoms with van der Waals surface area (Å²) in [5, 5.41) is 6.91. The van der Waals surface area contributed by atoms with Gasteiger partial charge in [-0.2, -0.15) is 0 Å². The fourth-order valence-electron chi connectivity index (χ4n) is 4.36. The quantitative estimate of drug-likeness (QED) is 0.199. The van der Waals surface area contributed by atoms with Gasteiger partial charge in [-0.1, -0.05) is 55.8 Å². The number of nitrogens with zero attached hydrogens (tertiary/aromatic N) is 3. The van der Waals surface area contributed by atoms with Crippen LogP contribution >= 0.6 is 61.2 Å². The number of aromatic nitrogens is 2. The summed E-state index contributed by atoms with van der Waals surface area (Å²) in [7, 11) is 0. The lowest BCUT2D eigenvalue weighted by atomic mass is 10.1. The summed E-state index contributed by atoms with van der Waals surface area (Å²) in [4.78, 5) is 7.23. The average molecular weight is 581 g/mol. The number of halogens is 5. The molecule has 2 aromatic heterocycles. The number of para-hydroxylation sites is 1. The van der Waals surface area contributed by atoms with Crippen molar-refractivity contribution in [3.8, 4) is 0 Å². The van der Waals surface area contributed by atoms with E-state index in [-0.39, 0.29) is 49.6 Å². The minimum absolute atomic E-state index is 0. The lowest BCUT2D eigenvalue weighted by Gasteiger charge is -2.17. The van der Waals surface area contributed by atoms with E-state index < -0.39 is 0 Å². The number of hydrogen-bond donors (Lipinski definition) is 1. The summed E-state index contributed by atoms with van der Waals surface area (Å²) in [6, 6.07) is 18.9. The topological polar surface area (TPSA) is 33.1 Å². The van der Waals surface area contributed by atoms with Crippen molar-refractivity contribution in [1.29, 1.82) is 0 Å². The molecule has 4 aromatic rings. The molecule has 4 rings (SSSR count). The lowest BCUT2D eigenvalue weighted by molar-refractivity contribution is 0.298. The lowest BCUT2D eigenvalue weighted by Crippen LogP contribution is -2.27. The first-order valence-corrected chi connectivity index (χ1v) is 11.6. The van der Waals surface area contributed by atoms with E-state index in [4.69, 9.17) is 16.6 Å². The van der Waals surface area contributed by atoms with Crippen LogP contribution in [0.15, 0.2) is 60.8 Å². The highest BCUT2D eigenvalue weighted by Crippen LogP contribution is 2.31. The van der Waals surface area contributed by atoms with E-state index in [0.717, 1.165) is 56.4 Å². The van der Waals surface area contributed by atoms with Crippen LogP contribution in [0.1, 0.15) is 31.5 Å². The summed E-state index contributed by atoms with van der Waals surface area (Å²) in [5.74, 6) is 0. The predicted octanol–water partition coefficient (Wildman–Crippen LogP) is 7.40. The standard InChI is InChI=1S/C26H31ClN4.4ClH/c1-3-30(4-2)16-8-14-28-18-24-26-23(13-15-29-24)22-11-5-6-12-25(22)31(26)19-20-9-7-10-21(27)17-20;;;;/h5-7,9-13,15,17,28H,3-4,8,14,16,18-19H2,1-2H3;4*1H.